The van der Waals surface area contributed by atoms with Gasteiger partial charge in [-0.1, -0.05) is 251 Å². The van der Waals surface area contributed by atoms with E-state index in [1.165, 1.54) is 135 Å². The van der Waals surface area contributed by atoms with Crippen molar-refractivity contribution >= 4 is 0 Å². The third kappa shape index (κ3) is 40.5. The fourth-order valence-corrected chi connectivity index (χ4v) is 10.3. The molecule has 422 valence electrons. The molecule has 0 saturated carbocycles. The maximum absolute atomic E-state index is 11.3. The molecule has 0 aliphatic rings. The van der Waals surface area contributed by atoms with Crippen LogP contribution < -0.4 is 11.5 Å². The Balaban J connectivity index is 7.18. The summed E-state index contributed by atoms with van der Waals surface area (Å²) in [4.78, 5) is 7.93. The molecule has 8 atom stereocenters. The van der Waals surface area contributed by atoms with Crippen LogP contribution >= 0.6 is 0 Å². The first-order valence-electron chi connectivity index (χ1n) is 31.0. The quantitative estimate of drug-likeness (QED) is 0.0356. The van der Waals surface area contributed by atoms with Gasteiger partial charge in [-0.3, -0.25) is 14.7 Å². The second-order valence-corrected chi connectivity index (χ2v) is 22.0. The molecule has 0 fully saturated rings. The second-order valence-electron chi connectivity index (χ2n) is 22.0. The fourth-order valence-electron chi connectivity index (χ4n) is 10.3. The number of rotatable bonds is 52. The van der Waals surface area contributed by atoms with Gasteiger partial charge in [-0.15, -0.1) is 0 Å². The van der Waals surface area contributed by atoms with E-state index >= 15 is 0 Å². The predicted molar refractivity (Wildman–Crippen MR) is 322 cm³/mol. The molecule has 0 aliphatic heterocycles. The number of nitrogens with zero attached hydrogens (tertiary/aromatic N) is 3. The summed E-state index contributed by atoms with van der Waals surface area (Å²) >= 11 is 0. The van der Waals surface area contributed by atoms with Gasteiger partial charge in [-0.05, 0) is 88.5 Å². The van der Waals surface area contributed by atoms with Gasteiger partial charge in [-0.25, -0.2) is 0 Å². The summed E-state index contributed by atoms with van der Waals surface area (Å²) in [6.45, 7) is 26.1. The largest absolute Gasteiger partial charge is 0.390 e. The van der Waals surface area contributed by atoms with Gasteiger partial charge in [0.1, 0.15) is 0 Å². The first kappa shape index (κ1) is 70.2. The van der Waals surface area contributed by atoms with Gasteiger partial charge in [0, 0.05) is 63.9 Å². The van der Waals surface area contributed by atoms with E-state index in [9.17, 15) is 10.2 Å². The summed E-state index contributed by atoms with van der Waals surface area (Å²) in [6.07, 6.45) is 61.2. The minimum Gasteiger partial charge on any atom is -0.390 e. The van der Waals surface area contributed by atoms with E-state index in [-0.39, 0.29) is 25.2 Å². The molecule has 0 amide bonds. The maximum atomic E-state index is 11.3. The zero-order valence-corrected chi connectivity index (χ0v) is 49.4. The predicted octanol–water partition coefficient (Wildman–Crippen LogP) is 15.9. The molecule has 7 nitrogen and oxygen atoms in total. The lowest BCUT2D eigenvalue weighted by Crippen LogP contribution is -2.48. The van der Waals surface area contributed by atoms with E-state index in [1.807, 2.05) is 0 Å². The smallest absolute Gasteiger partial charge is 0.0789 e. The SMILES string of the molecule is CCCCCCCC(/C=C\C/C=C\C(C)CCC)N(CCCN(CC(O)CN)C(/C=C\C/C=C\C(C)CCC)CCCCCCC)CCN(CC(O)CN)C(/C=C\C/C=C\C(C)CCC)CCCCCCC. The van der Waals surface area contributed by atoms with Gasteiger partial charge in [0.2, 0.25) is 0 Å². The van der Waals surface area contributed by atoms with Crippen molar-refractivity contribution in [2.24, 2.45) is 29.2 Å². The van der Waals surface area contributed by atoms with Crippen LogP contribution in [-0.2, 0) is 0 Å². The summed E-state index contributed by atoms with van der Waals surface area (Å²) in [7, 11) is 0. The van der Waals surface area contributed by atoms with Crippen LogP contribution in [0.25, 0.3) is 0 Å². The Hall–Kier alpha value is -1.84. The number of nitrogens with two attached hydrogens (primary N) is 2. The summed E-state index contributed by atoms with van der Waals surface area (Å²) < 4.78 is 0. The van der Waals surface area contributed by atoms with Gasteiger partial charge >= 0.3 is 0 Å². The maximum Gasteiger partial charge on any atom is 0.0789 e. The van der Waals surface area contributed by atoms with Gasteiger partial charge in [0.15, 0.2) is 0 Å². The zero-order chi connectivity index (χ0) is 53.3. The van der Waals surface area contributed by atoms with Crippen LogP contribution in [0.2, 0.25) is 0 Å². The molecule has 6 N–H and O–H groups in total. The van der Waals surface area contributed by atoms with Crippen molar-refractivity contribution < 1.29 is 10.2 Å². The van der Waals surface area contributed by atoms with Crippen molar-refractivity contribution in [3.8, 4) is 0 Å². The molecule has 0 heterocycles. The Morgan fingerprint density at radius 1 is 0.333 bits per heavy atom. The van der Waals surface area contributed by atoms with E-state index in [4.69, 9.17) is 11.5 Å². The molecule has 0 aromatic carbocycles. The van der Waals surface area contributed by atoms with Gasteiger partial charge in [0.25, 0.3) is 0 Å². The van der Waals surface area contributed by atoms with E-state index in [1.54, 1.807) is 0 Å². The van der Waals surface area contributed by atoms with Crippen LogP contribution in [0, 0.1) is 17.8 Å². The highest BCUT2D eigenvalue weighted by Crippen LogP contribution is 2.21. The minimum atomic E-state index is -0.565. The van der Waals surface area contributed by atoms with E-state index in [0.29, 0.717) is 36.9 Å². The molecule has 0 aromatic heterocycles. The van der Waals surface area contributed by atoms with E-state index in [0.717, 1.165) is 71.1 Å². The molecule has 7 heteroatoms. The Bertz CT molecular complexity index is 1330. The van der Waals surface area contributed by atoms with Crippen LogP contribution in [0.1, 0.15) is 242 Å². The first-order valence-corrected chi connectivity index (χ1v) is 31.0. The highest BCUT2D eigenvalue weighted by molar-refractivity contribution is 5.04. The van der Waals surface area contributed by atoms with Crippen LogP contribution in [-0.4, -0.2) is 108 Å². The van der Waals surface area contributed by atoms with Crippen molar-refractivity contribution in [1.29, 1.82) is 0 Å². The van der Waals surface area contributed by atoms with Crippen LogP contribution in [0.3, 0.4) is 0 Å². The average Bonchev–Trinajstić information content (AvgIpc) is 3.36. The molecule has 0 aromatic rings. The molecule has 0 radical (unpaired) electrons. The third-order valence-corrected chi connectivity index (χ3v) is 14.7. The number of aliphatic hydroxyl groups excluding tert-OH is 2. The highest BCUT2D eigenvalue weighted by Gasteiger charge is 2.24. The van der Waals surface area contributed by atoms with Crippen molar-refractivity contribution in [1.82, 2.24) is 14.7 Å². The average molecular weight is 1010 g/mol. The molecule has 0 bridgehead atoms. The Morgan fingerprint density at radius 2 is 0.625 bits per heavy atom. The topological polar surface area (TPSA) is 102 Å². The summed E-state index contributed by atoms with van der Waals surface area (Å²) in [6, 6.07) is 0.839. The molecule has 0 saturated heterocycles. The van der Waals surface area contributed by atoms with Crippen molar-refractivity contribution in [3.63, 3.8) is 0 Å². The van der Waals surface area contributed by atoms with E-state index in [2.05, 4.69) is 150 Å². The third-order valence-electron chi connectivity index (χ3n) is 14.7. The van der Waals surface area contributed by atoms with Crippen LogP contribution in [0.5, 0.6) is 0 Å². The number of hydrogen-bond donors (Lipinski definition) is 4. The summed E-state index contributed by atoms with van der Waals surface area (Å²) in [5.74, 6) is 1.83. The lowest BCUT2D eigenvalue weighted by molar-refractivity contribution is 0.0804. The van der Waals surface area contributed by atoms with E-state index < -0.39 is 12.2 Å². The standard InChI is InChI=1S/C65H125N5O2/c1-10-16-19-22-31-44-61(45-34-25-28-41-58(7)38-13-4)68(52-53-70(57-65(72)55-67)63(47-33-24-21-18-12-3)49-36-27-30-43-60(9)40-15-6)50-37-51-69(56-64(71)54-66)62(46-32-23-20-17-11-2)48-35-26-29-42-59(8)39-14-5/h28-30,34-36,41-43,45,48-49,58-65,71-72H,10-27,31-33,37-40,44,46-47,50-57,66-67H2,1-9H3/b41-28-,42-29-,43-30-,45-34-,48-35-,49-36-. The monoisotopic (exact) mass is 1010 g/mol. The number of hydrogen-bond acceptors (Lipinski definition) is 7. The summed E-state index contributed by atoms with van der Waals surface area (Å²) in [5, 5.41) is 22.4. The Morgan fingerprint density at radius 3 is 0.958 bits per heavy atom. The number of aliphatic hydroxyl groups is 2. The van der Waals surface area contributed by atoms with Gasteiger partial charge in [0.05, 0.1) is 12.2 Å². The number of allylic oxidation sites excluding steroid dienone is 9. The molecule has 0 spiro atoms. The van der Waals surface area contributed by atoms with Crippen molar-refractivity contribution in [2.45, 2.75) is 272 Å². The van der Waals surface area contributed by atoms with Crippen LogP contribution in [0.15, 0.2) is 72.9 Å². The van der Waals surface area contributed by atoms with Crippen LogP contribution in [0.4, 0.5) is 0 Å². The fraction of sp³-hybridized carbons (Fsp3) is 0.815. The lowest BCUT2D eigenvalue weighted by atomic mass is 10.0. The molecule has 72 heavy (non-hydrogen) atoms. The molecule has 0 rings (SSSR count). The number of unbranched alkanes of at least 4 members (excludes halogenated alkanes) is 12. The molecule has 0 aliphatic carbocycles. The molecular weight excluding hydrogens is 883 g/mol. The van der Waals surface area contributed by atoms with Gasteiger partial charge in [-0.2, -0.15) is 0 Å². The zero-order valence-electron chi connectivity index (χ0n) is 49.4. The highest BCUT2D eigenvalue weighted by atomic mass is 16.3. The first-order chi connectivity index (χ1) is 35.0. The Labute approximate surface area is 450 Å². The summed E-state index contributed by atoms with van der Waals surface area (Å²) in [5.41, 5.74) is 12.3. The molecular formula is C65H125N5O2. The minimum absolute atomic E-state index is 0.247. The molecule has 8 unspecified atom stereocenters. The second kappa shape index (κ2) is 51.3. The van der Waals surface area contributed by atoms with Crippen molar-refractivity contribution in [3.05, 3.63) is 72.9 Å². The Kier molecular flexibility index (Phi) is 50.0. The van der Waals surface area contributed by atoms with Crippen molar-refractivity contribution in [2.75, 3.05) is 52.4 Å². The van der Waals surface area contributed by atoms with Gasteiger partial charge < -0.3 is 21.7 Å². The normalized spacial score (nSPS) is 16.3. The lowest BCUT2D eigenvalue weighted by Gasteiger charge is -2.37.